The van der Waals surface area contributed by atoms with E-state index < -0.39 is 11.6 Å². The van der Waals surface area contributed by atoms with Crippen molar-refractivity contribution in [3.05, 3.63) is 38.5 Å². The van der Waals surface area contributed by atoms with Crippen molar-refractivity contribution in [2.75, 3.05) is 23.8 Å². The molecule has 20 heavy (non-hydrogen) atoms. The highest BCUT2D eigenvalue weighted by atomic mass is 79.9. The predicted octanol–water partition coefficient (Wildman–Crippen LogP) is 4.25. The van der Waals surface area contributed by atoms with Crippen LogP contribution >= 0.6 is 27.3 Å². The Balaban J connectivity index is 2.24. The number of hydrogen-bond acceptors (Lipinski definition) is 4. The lowest BCUT2D eigenvalue weighted by molar-refractivity contribution is 0.572. The van der Waals surface area contributed by atoms with Gasteiger partial charge >= 0.3 is 0 Å². The standard InChI is InChI=1S/C13H14BrF2N3S/c1-3-17-12-10(15)5-11(16)13(18-12)19(2)6-9-4-8(14)7-20-9/h4-5,7H,3,6H2,1-2H3,(H,17,18). The summed E-state index contributed by atoms with van der Waals surface area (Å²) in [5.74, 6) is -1.14. The number of rotatable bonds is 5. The normalized spacial score (nSPS) is 10.7. The summed E-state index contributed by atoms with van der Waals surface area (Å²) < 4.78 is 28.4. The molecular weight excluding hydrogens is 348 g/mol. The largest absolute Gasteiger partial charge is 0.368 e. The lowest BCUT2D eigenvalue weighted by atomic mass is 10.3. The zero-order valence-corrected chi connectivity index (χ0v) is 13.5. The van der Waals surface area contributed by atoms with Gasteiger partial charge in [0.15, 0.2) is 23.3 Å². The fourth-order valence-electron chi connectivity index (χ4n) is 1.76. The van der Waals surface area contributed by atoms with Gasteiger partial charge in [0.2, 0.25) is 0 Å². The Morgan fingerprint density at radius 1 is 1.35 bits per heavy atom. The van der Waals surface area contributed by atoms with Gasteiger partial charge < -0.3 is 10.2 Å². The van der Waals surface area contributed by atoms with Gasteiger partial charge in [-0.2, -0.15) is 0 Å². The monoisotopic (exact) mass is 361 g/mol. The minimum atomic E-state index is -0.680. The number of pyridine rings is 1. The van der Waals surface area contributed by atoms with Crippen molar-refractivity contribution in [1.29, 1.82) is 0 Å². The van der Waals surface area contributed by atoms with E-state index in [1.54, 1.807) is 23.3 Å². The van der Waals surface area contributed by atoms with Crippen LogP contribution in [0.5, 0.6) is 0 Å². The van der Waals surface area contributed by atoms with Crippen molar-refractivity contribution in [3.63, 3.8) is 0 Å². The van der Waals surface area contributed by atoms with E-state index in [0.717, 1.165) is 15.4 Å². The lowest BCUT2D eigenvalue weighted by Gasteiger charge is -2.19. The van der Waals surface area contributed by atoms with Crippen LogP contribution in [-0.2, 0) is 6.54 Å². The fourth-order valence-corrected chi connectivity index (χ4v) is 3.26. The highest BCUT2D eigenvalue weighted by molar-refractivity contribution is 9.10. The first-order valence-electron chi connectivity index (χ1n) is 6.05. The van der Waals surface area contributed by atoms with E-state index in [4.69, 9.17) is 0 Å². The molecule has 2 rings (SSSR count). The zero-order chi connectivity index (χ0) is 14.7. The smallest absolute Gasteiger partial charge is 0.168 e. The molecule has 0 spiro atoms. The molecule has 3 nitrogen and oxygen atoms in total. The van der Waals surface area contributed by atoms with Crippen molar-refractivity contribution in [2.45, 2.75) is 13.5 Å². The molecule has 0 radical (unpaired) electrons. The van der Waals surface area contributed by atoms with Crippen molar-refractivity contribution in [1.82, 2.24) is 4.98 Å². The average molecular weight is 362 g/mol. The molecule has 0 bridgehead atoms. The average Bonchev–Trinajstić information content (AvgIpc) is 2.78. The number of anilines is 2. The number of thiophene rings is 1. The molecule has 0 saturated heterocycles. The van der Waals surface area contributed by atoms with E-state index in [-0.39, 0.29) is 11.6 Å². The van der Waals surface area contributed by atoms with Gasteiger partial charge in [0.05, 0.1) is 6.54 Å². The molecule has 108 valence electrons. The van der Waals surface area contributed by atoms with Crippen molar-refractivity contribution in [3.8, 4) is 0 Å². The third-order valence-electron chi connectivity index (χ3n) is 2.63. The van der Waals surface area contributed by atoms with Crippen molar-refractivity contribution >= 4 is 38.9 Å². The molecule has 0 unspecified atom stereocenters. The van der Waals surface area contributed by atoms with E-state index in [0.29, 0.717) is 13.1 Å². The Hall–Kier alpha value is -1.21. The number of hydrogen-bond donors (Lipinski definition) is 1. The Bertz CT molecular complexity index is 603. The van der Waals surface area contributed by atoms with Crippen LogP contribution in [0.25, 0.3) is 0 Å². The molecule has 2 heterocycles. The van der Waals surface area contributed by atoms with Crippen LogP contribution in [0, 0.1) is 11.6 Å². The first kappa shape index (κ1) is 15.2. The molecule has 0 amide bonds. The molecule has 0 atom stereocenters. The highest BCUT2D eigenvalue weighted by Crippen LogP contribution is 2.25. The molecule has 0 aliphatic carbocycles. The van der Waals surface area contributed by atoms with Gasteiger partial charge in [-0.1, -0.05) is 0 Å². The second-order valence-corrected chi connectivity index (χ2v) is 6.15. The van der Waals surface area contributed by atoms with E-state index in [2.05, 4.69) is 26.2 Å². The Kier molecular flexibility index (Phi) is 4.93. The Morgan fingerprint density at radius 3 is 2.70 bits per heavy atom. The Labute approximate surface area is 128 Å². The molecule has 2 aromatic rings. The third-order valence-corrected chi connectivity index (χ3v) is 4.31. The fraction of sp³-hybridized carbons (Fsp3) is 0.308. The van der Waals surface area contributed by atoms with Crippen LogP contribution in [-0.4, -0.2) is 18.6 Å². The molecule has 0 fully saturated rings. The third kappa shape index (κ3) is 3.46. The first-order valence-corrected chi connectivity index (χ1v) is 7.72. The number of nitrogens with one attached hydrogen (secondary N) is 1. The SMILES string of the molecule is CCNc1nc(N(C)Cc2cc(Br)cs2)c(F)cc1F. The van der Waals surface area contributed by atoms with Crippen LogP contribution in [0.15, 0.2) is 22.0 Å². The van der Waals surface area contributed by atoms with Crippen LogP contribution in [0.4, 0.5) is 20.4 Å². The molecule has 1 N–H and O–H groups in total. The molecule has 0 aromatic carbocycles. The van der Waals surface area contributed by atoms with E-state index in [1.807, 2.05) is 18.4 Å². The van der Waals surface area contributed by atoms with Gasteiger partial charge in [0.1, 0.15) is 0 Å². The van der Waals surface area contributed by atoms with Gasteiger partial charge in [0.25, 0.3) is 0 Å². The quantitative estimate of drug-likeness (QED) is 0.862. The van der Waals surface area contributed by atoms with Gasteiger partial charge in [-0.05, 0) is 28.9 Å². The lowest BCUT2D eigenvalue weighted by Crippen LogP contribution is -2.19. The molecule has 7 heteroatoms. The number of aromatic nitrogens is 1. The van der Waals surface area contributed by atoms with E-state index in [1.165, 1.54) is 0 Å². The maximum atomic E-state index is 13.9. The van der Waals surface area contributed by atoms with E-state index >= 15 is 0 Å². The summed E-state index contributed by atoms with van der Waals surface area (Å²) in [4.78, 5) is 6.75. The summed E-state index contributed by atoms with van der Waals surface area (Å²) in [5.41, 5.74) is 0. The van der Waals surface area contributed by atoms with Crippen molar-refractivity contribution < 1.29 is 8.78 Å². The van der Waals surface area contributed by atoms with Crippen LogP contribution in [0.2, 0.25) is 0 Å². The van der Waals surface area contributed by atoms with Crippen molar-refractivity contribution in [2.24, 2.45) is 0 Å². The minimum Gasteiger partial charge on any atom is -0.368 e. The predicted molar refractivity (Wildman–Crippen MR) is 82.4 cm³/mol. The molecular formula is C13H14BrF2N3S. The minimum absolute atomic E-state index is 0.0723. The highest BCUT2D eigenvalue weighted by Gasteiger charge is 2.15. The number of nitrogens with zero attached hydrogens (tertiary/aromatic N) is 2. The topological polar surface area (TPSA) is 28.2 Å². The summed E-state index contributed by atoms with van der Waals surface area (Å²) in [6, 6.07) is 2.83. The maximum absolute atomic E-state index is 13.9. The van der Waals surface area contributed by atoms with Gasteiger partial charge in [-0.15, -0.1) is 11.3 Å². The molecule has 0 aliphatic rings. The second-order valence-electron chi connectivity index (χ2n) is 4.24. The molecule has 0 saturated carbocycles. The summed E-state index contributed by atoms with van der Waals surface area (Å²) in [7, 11) is 1.73. The summed E-state index contributed by atoms with van der Waals surface area (Å²) in [6.07, 6.45) is 0. The van der Waals surface area contributed by atoms with Gasteiger partial charge in [0, 0.05) is 34.4 Å². The molecule has 0 aliphatic heterocycles. The van der Waals surface area contributed by atoms with Gasteiger partial charge in [-0.3, -0.25) is 0 Å². The molecule has 2 aromatic heterocycles. The Morgan fingerprint density at radius 2 is 2.10 bits per heavy atom. The van der Waals surface area contributed by atoms with Crippen LogP contribution in [0.1, 0.15) is 11.8 Å². The second kappa shape index (κ2) is 6.49. The number of halogens is 3. The summed E-state index contributed by atoms with van der Waals surface area (Å²) in [6.45, 7) is 2.87. The summed E-state index contributed by atoms with van der Waals surface area (Å²) >= 11 is 4.94. The van der Waals surface area contributed by atoms with Crippen LogP contribution in [0.3, 0.4) is 0 Å². The van der Waals surface area contributed by atoms with E-state index in [9.17, 15) is 8.78 Å². The maximum Gasteiger partial charge on any atom is 0.168 e. The van der Waals surface area contributed by atoms with Crippen LogP contribution < -0.4 is 10.2 Å². The van der Waals surface area contributed by atoms with Gasteiger partial charge in [-0.25, -0.2) is 13.8 Å². The zero-order valence-electron chi connectivity index (χ0n) is 11.1. The summed E-state index contributed by atoms with van der Waals surface area (Å²) in [5, 5.41) is 4.74. The first-order chi connectivity index (χ1) is 9.51.